The zero-order valence-electron chi connectivity index (χ0n) is 13.1. The van der Waals surface area contributed by atoms with Crippen LogP contribution in [0.5, 0.6) is 5.75 Å². The minimum Gasteiger partial charge on any atom is -0.420 e. The highest BCUT2D eigenvalue weighted by Crippen LogP contribution is 2.29. The van der Waals surface area contributed by atoms with Crippen molar-refractivity contribution in [3.63, 3.8) is 0 Å². The first-order chi connectivity index (χ1) is 12.2. The van der Waals surface area contributed by atoms with E-state index >= 15 is 0 Å². The molecule has 1 aliphatic heterocycles. The summed E-state index contributed by atoms with van der Waals surface area (Å²) >= 11 is 8.01. The molecule has 0 spiro atoms. The smallest absolute Gasteiger partial charge is 0.420 e. The minimum absolute atomic E-state index is 0.141. The van der Waals surface area contributed by atoms with Crippen LogP contribution >= 0.6 is 27.5 Å². The van der Waals surface area contributed by atoms with Gasteiger partial charge < -0.3 is 15.0 Å². The van der Waals surface area contributed by atoms with Gasteiger partial charge in [0.15, 0.2) is 0 Å². The van der Waals surface area contributed by atoms with Crippen LogP contribution in [0.25, 0.3) is 0 Å². The molecule has 0 unspecified atom stereocenters. The molecule has 26 heavy (non-hydrogen) atoms. The predicted octanol–water partition coefficient (Wildman–Crippen LogP) is 4.42. The fourth-order valence-electron chi connectivity index (χ4n) is 2.33. The average molecular weight is 451 g/mol. The number of benzene rings is 1. The van der Waals surface area contributed by atoms with Crippen molar-refractivity contribution in [1.29, 1.82) is 0 Å². The first kappa shape index (κ1) is 18.8. The lowest BCUT2D eigenvalue weighted by Crippen LogP contribution is -2.49. The number of aromatic nitrogens is 1. The molecule has 0 bridgehead atoms. The monoisotopic (exact) mass is 449 g/mol. The van der Waals surface area contributed by atoms with Crippen molar-refractivity contribution in [2.75, 3.05) is 23.3 Å². The number of amides is 1. The van der Waals surface area contributed by atoms with Gasteiger partial charge in [-0.1, -0.05) is 0 Å². The molecule has 3 rings (SSSR count). The summed E-state index contributed by atoms with van der Waals surface area (Å²) in [6.07, 6.45) is 0.518. The Morgan fingerprint density at radius 2 is 2.00 bits per heavy atom. The maximum Gasteiger partial charge on any atom is 0.487 e. The van der Waals surface area contributed by atoms with Crippen molar-refractivity contribution in [2.45, 2.75) is 11.7 Å². The SMILES string of the molecule is O=C(Nc1ccc(OC(F)(F)Cl)cc1)c1cnc(N2CC(F)C2)c(Br)c1. The summed E-state index contributed by atoms with van der Waals surface area (Å²) in [5.74, 6) is -0.00972. The number of nitrogens with one attached hydrogen (secondary N) is 1. The summed E-state index contributed by atoms with van der Waals surface area (Å²) in [6.45, 7) is 0.541. The third kappa shape index (κ3) is 4.59. The first-order valence-corrected chi connectivity index (χ1v) is 8.60. The number of ether oxygens (including phenoxy) is 1. The molecular weight excluding hydrogens is 439 g/mol. The van der Waals surface area contributed by atoms with E-state index in [4.69, 9.17) is 0 Å². The fraction of sp³-hybridized carbons (Fsp3) is 0.250. The second kappa shape index (κ2) is 7.32. The number of carbonyl (C=O) groups excluding carboxylic acids is 1. The molecule has 5 nitrogen and oxygen atoms in total. The van der Waals surface area contributed by atoms with E-state index in [9.17, 15) is 18.0 Å². The molecule has 1 saturated heterocycles. The average Bonchev–Trinajstić information content (AvgIpc) is 2.52. The number of halogens is 5. The molecule has 1 N–H and O–H groups in total. The van der Waals surface area contributed by atoms with E-state index in [2.05, 4.69) is 42.6 Å². The largest absolute Gasteiger partial charge is 0.487 e. The first-order valence-electron chi connectivity index (χ1n) is 7.43. The molecule has 0 radical (unpaired) electrons. The quantitative estimate of drug-likeness (QED) is 0.685. The van der Waals surface area contributed by atoms with Crippen LogP contribution in [-0.4, -0.2) is 35.7 Å². The number of anilines is 2. The molecule has 0 saturated carbocycles. The molecule has 0 aliphatic carbocycles. The van der Waals surface area contributed by atoms with Gasteiger partial charge in [0.05, 0.1) is 23.1 Å². The van der Waals surface area contributed by atoms with E-state index in [-0.39, 0.29) is 24.4 Å². The Labute approximate surface area is 160 Å². The van der Waals surface area contributed by atoms with Crippen LogP contribution in [0.1, 0.15) is 10.4 Å². The van der Waals surface area contributed by atoms with Crippen LogP contribution in [0, 0.1) is 0 Å². The predicted molar refractivity (Wildman–Crippen MR) is 94.9 cm³/mol. The summed E-state index contributed by atoms with van der Waals surface area (Å²) in [5.41, 5.74) is -3.14. The van der Waals surface area contributed by atoms with Crippen molar-refractivity contribution in [3.8, 4) is 5.75 Å². The summed E-state index contributed by atoms with van der Waals surface area (Å²) in [4.78, 5) is 18.2. The summed E-state index contributed by atoms with van der Waals surface area (Å²) in [6, 6.07) is 6.87. The molecule has 1 fully saturated rings. The summed E-state index contributed by atoms with van der Waals surface area (Å²) < 4.78 is 42.8. The van der Waals surface area contributed by atoms with Gasteiger partial charge >= 0.3 is 5.57 Å². The topological polar surface area (TPSA) is 54.5 Å². The normalized spacial score (nSPS) is 14.7. The van der Waals surface area contributed by atoms with E-state index in [1.165, 1.54) is 30.5 Å². The van der Waals surface area contributed by atoms with E-state index in [1.54, 1.807) is 11.0 Å². The molecule has 1 aromatic carbocycles. The van der Waals surface area contributed by atoms with Gasteiger partial charge in [0, 0.05) is 23.5 Å². The third-order valence-electron chi connectivity index (χ3n) is 3.57. The highest BCUT2D eigenvalue weighted by Gasteiger charge is 2.29. The summed E-state index contributed by atoms with van der Waals surface area (Å²) in [5, 5.41) is 2.61. The van der Waals surface area contributed by atoms with Crippen molar-refractivity contribution < 1.29 is 22.7 Å². The van der Waals surface area contributed by atoms with E-state index < -0.39 is 17.6 Å². The number of rotatable bonds is 5. The van der Waals surface area contributed by atoms with Gasteiger partial charge in [0.1, 0.15) is 17.7 Å². The van der Waals surface area contributed by atoms with Crippen molar-refractivity contribution in [1.82, 2.24) is 4.98 Å². The Kier molecular flexibility index (Phi) is 5.29. The third-order valence-corrected chi connectivity index (χ3v) is 4.23. The van der Waals surface area contributed by atoms with E-state index in [0.717, 1.165) is 0 Å². The number of nitrogens with zero attached hydrogens (tertiary/aromatic N) is 2. The Morgan fingerprint density at radius 1 is 1.35 bits per heavy atom. The number of hydrogen-bond donors (Lipinski definition) is 1. The van der Waals surface area contributed by atoms with Gasteiger partial charge in [-0.25, -0.2) is 9.37 Å². The lowest BCUT2D eigenvalue weighted by molar-refractivity contribution is -0.0964. The molecule has 10 heteroatoms. The maximum atomic E-state index is 12.9. The minimum atomic E-state index is -3.80. The van der Waals surface area contributed by atoms with E-state index in [1.807, 2.05) is 0 Å². The van der Waals surface area contributed by atoms with Gasteiger partial charge in [0.2, 0.25) is 0 Å². The Balaban J connectivity index is 1.65. The highest BCUT2D eigenvalue weighted by atomic mass is 79.9. The van der Waals surface area contributed by atoms with Gasteiger partial charge in [-0.2, -0.15) is 0 Å². The Bertz CT molecular complexity index is 811. The lowest BCUT2D eigenvalue weighted by atomic mass is 10.2. The summed E-state index contributed by atoms with van der Waals surface area (Å²) in [7, 11) is 0. The number of alkyl halides is 4. The molecule has 1 aromatic heterocycles. The molecule has 0 atom stereocenters. The second-order valence-corrected chi connectivity index (χ2v) is 6.85. The van der Waals surface area contributed by atoms with Gasteiger partial charge in [0.25, 0.3) is 5.91 Å². The molecular formula is C16H12BrClF3N3O2. The van der Waals surface area contributed by atoms with Crippen LogP contribution in [0.3, 0.4) is 0 Å². The zero-order valence-corrected chi connectivity index (χ0v) is 15.4. The Morgan fingerprint density at radius 3 is 2.54 bits per heavy atom. The van der Waals surface area contributed by atoms with Crippen LogP contribution in [0.2, 0.25) is 0 Å². The molecule has 2 aromatic rings. The molecule has 2 heterocycles. The lowest BCUT2D eigenvalue weighted by Gasteiger charge is -2.35. The van der Waals surface area contributed by atoms with Crippen LogP contribution in [-0.2, 0) is 0 Å². The van der Waals surface area contributed by atoms with Crippen LogP contribution < -0.4 is 15.0 Å². The fourth-order valence-corrected chi connectivity index (χ4v) is 3.02. The van der Waals surface area contributed by atoms with Crippen molar-refractivity contribution in [2.24, 2.45) is 0 Å². The number of carbonyl (C=O) groups is 1. The number of pyridine rings is 1. The van der Waals surface area contributed by atoms with Gasteiger partial charge in [-0.15, -0.1) is 8.78 Å². The van der Waals surface area contributed by atoms with Crippen molar-refractivity contribution in [3.05, 3.63) is 46.6 Å². The van der Waals surface area contributed by atoms with Crippen molar-refractivity contribution >= 4 is 44.9 Å². The highest BCUT2D eigenvalue weighted by molar-refractivity contribution is 9.10. The van der Waals surface area contributed by atoms with Crippen LogP contribution in [0.4, 0.5) is 24.7 Å². The number of hydrogen-bond acceptors (Lipinski definition) is 4. The van der Waals surface area contributed by atoms with Gasteiger partial charge in [-0.3, -0.25) is 4.79 Å². The standard InChI is InChI=1S/C16H12BrClF3N3O2/c17-13-5-9(6-22-14(13)24-7-10(19)8-24)15(25)23-11-1-3-12(4-2-11)26-16(18,20)21/h1-6,10H,7-8H2,(H,23,25). The van der Waals surface area contributed by atoms with E-state index in [0.29, 0.717) is 16.0 Å². The second-order valence-electron chi connectivity index (χ2n) is 5.56. The van der Waals surface area contributed by atoms with Crippen LogP contribution in [0.15, 0.2) is 41.0 Å². The Hall–Kier alpha value is -2.00. The molecule has 138 valence electrons. The van der Waals surface area contributed by atoms with Gasteiger partial charge in [-0.05, 0) is 46.3 Å². The zero-order chi connectivity index (χ0) is 18.9. The molecule has 1 amide bonds. The maximum absolute atomic E-state index is 12.9. The molecule has 1 aliphatic rings.